The van der Waals surface area contributed by atoms with E-state index in [2.05, 4.69) is 15.2 Å². The van der Waals surface area contributed by atoms with Gasteiger partial charge in [0.05, 0.1) is 0 Å². The maximum atomic E-state index is 13.9. The minimum Gasteiger partial charge on any atom is -0.371 e. The molecular formula is C14H20F2N4. The number of nitrogens with one attached hydrogen (secondary N) is 1. The van der Waals surface area contributed by atoms with Gasteiger partial charge in [-0.05, 0) is 18.8 Å². The van der Waals surface area contributed by atoms with E-state index in [4.69, 9.17) is 0 Å². The maximum absolute atomic E-state index is 13.9. The molecule has 110 valence electrons. The van der Waals surface area contributed by atoms with Crippen molar-refractivity contribution in [3.05, 3.63) is 17.7 Å². The average Bonchev–Trinajstić information content (AvgIpc) is 3.24. The smallest absolute Gasteiger partial charge is 0.168 e. The van der Waals surface area contributed by atoms with Crippen LogP contribution in [0.5, 0.6) is 0 Å². The predicted octanol–water partition coefficient (Wildman–Crippen LogP) is 1.93. The molecule has 1 N–H and O–H groups in total. The number of anilines is 2. The Morgan fingerprint density at radius 2 is 1.90 bits per heavy atom. The molecule has 1 saturated heterocycles. The van der Waals surface area contributed by atoms with Gasteiger partial charge in [0.1, 0.15) is 0 Å². The molecule has 1 aromatic heterocycles. The Hall–Kier alpha value is -1.43. The second kappa shape index (κ2) is 5.52. The zero-order valence-electron chi connectivity index (χ0n) is 11.7. The fraction of sp³-hybridized carbons (Fsp3) is 0.643. The molecule has 3 rings (SSSR count). The van der Waals surface area contributed by atoms with Gasteiger partial charge in [0, 0.05) is 45.8 Å². The highest BCUT2D eigenvalue weighted by molar-refractivity contribution is 5.49. The van der Waals surface area contributed by atoms with Gasteiger partial charge in [-0.3, -0.25) is 4.90 Å². The van der Waals surface area contributed by atoms with Gasteiger partial charge in [-0.1, -0.05) is 0 Å². The van der Waals surface area contributed by atoms with Crippen molar-refractivity contribution >= 4 is 11.6 Å². The van der Waals surface area contributed by atoms with Crippen molar-refractivity contribution in [2.24, 2.45) is 5.92 Å². The van der Waals surface area contributed by atoms with Crippen LogP contribution < -0.4 is 10.2 Å². The SMILES string of the molecule is CNc1nc(N2CCN(CC3CC3)CC2)c(F)cc1F. The lowest BCUT2D eigenvalue weighted by Gasteiger charge is -2.35. The summed E-state index contributed by atoms with van der Waals surface area (Å²) in [7, 11) is 1.58. The highest BCUT2D eigenvalue weighted by Gasteiger charge is 2.27. The molecule has 2 fully saturated rings. The van der Waals surface area contributed by atoms with E-state index in [9.17, 15) is 8.78 Å². The Bertz CT molecular complexity index is 482. The summed E-state index contributed by atoms with van der Waals surface area (Å²) in [5, 5.41) is 2.66. The molecule has 6 heteroatoms. The van der Waals surface area contributed by atoms with E-state index in [0.717, 1.165) is 44.7 Å². The number of piperazine rings is 1. The number of aromatic nitrogens is 1. The van der Waals surface area contributed by atoms with Gasteiger partial charge in [-0.15, -0.1) is 0 Å². The first-order valence-electron chi connectivity index (χ1n) is 7.18. The van der Waals surface area contributed by atoms with Crippen LogP contribution in [0.4, 0.5) is 20.4 Å². The van der Waals surface area contributed by atoms with Crippen molar-refractivity contribution in [2.75, 3.05) is 50.0 Å². The molecule has 1 saturated carbocycles. The van der Waals surface area contributed by atoms with Crippen LogP contribution in [-0.4, -0.2) is 49.7 Å². The monoisotopic (exact) mass is 282 g/mol. The first-order valence-corrected chi connectivity index (χ1v) is 7.18. The fourth-order valence-corrected chi connectivity index (χ4v) is 2.66. The zero-order valence-corrected chi connectivity index (χ0v) is 11.7. The molecule has 0 aromatic carbocycles. The summed E-state index contributed by atoms with van der Waals surface area (Å²) in [4.78, 5) is 8.39. The number of nitrogens with zero attached hydrogens (tertiary/aromatic N) is 3. The molecule has 0 radical (unpaired) electrons. The van der Waals surface area contributed by atoms with E-state index in [-0.39, 0.29) is 11.6 Å². The van der Waals surface area contributed by atoms with Gasteiger partial charge in [-0.25, -0.2) is 13.8 Å². The minimum absolute atomic E-state index is 0.0989. The zero-order chi connectivity index (χ0) is 14.1. The summed E-state index contributed by atoms with van der Waals surface area (Å²) in [6, 6.07) is 0.907. The van der Waals surface area contributed by atoms with Crippen LogP contribution in [0.2, 0.25) is 0 Å². The highest BCUT2D eigenvalue weighted by atomic mass is 19.1. The van der Waals surface area contributed by atoms with E-state index in [1.807, 2.05) is 4.90 Å². The minimum atomic E-state index is -0.652. The predicted molar refractivity (Wildman–Crippen MR) is 75.1 cm³/mol. The van der Waals surface area contributed by atoms with Crippen LogP contribution in [0.25, 0.3) is 0 Å². The highest BCUT2D eigenvalue weighted by Crippen LogP contribution is 2.30. The van der Waals surface area contributed by atoms with E-state index in [1.165, 1.54) is 12.8 Å². The summed E-state index contributed by atoms with van der Waals surface area (Å²) in [5.74, 6) is -0.0139. The van der Waals surface area contributed by atoms with Crippen molar-refractivity contribution < 1.29 is 8.78 Å². The van der Waals surface area contributed by atoms with Gasteiger partial charge >= 0.3 is 0 Å². The third-order valence-corrected chi connectivity index (χ3v) is 4.03. The largest absolute Gasteiger partial charge is 0.371 e. The Kier molecular flexibility index (Phi) is 3.74. The average molecular weight is 282 g/mol. The standard InChI is InChI=1S/C14H20F2N4/c1-17-13-11(15)8-12(16)14(18-13)20-6-4-19(5-7-20)9-10-2-3-10/h8,10H,2-7,9H2,1H3,(H,17,18). The van der Waals surface area contributed by atoms with Crippen molar-refractivity contribution in [1.29, 1.82) is 0 Å². The van der Waals surface area contributed by atoms with Crippen LogP contribution in [0, 0.1) is 17.6 Å². The van der Waals surface area contributed by atoms with Gasteiger partial charge in [0.25, 0.3) is 0 Å². The van der Waals surface area contributed by atoms with Crippen LogP contribution >= 0.6 is 0 Å². The molecule has 1 aromatic rings. The summed E-state index contributed by atoms with van der Waals surface area (Å²) in [6.45, 7) is 4.49. The van der Waals surface area contributed by atoms with Crippen molar-refractivity contribution in [1.82, 2.24) is 9.88 Å². The lowest BCUT2D eigenvalue weighted by atomic mass is 10.2. The molecule has 0 amide bonds. The maximum Gasteiger partial charge on any atom is 0.168 e. The number of halogens is 2. The van der Waals surface area contributed by atoms with Crippen LogP contribution in [0.15, 0.2) is 6.07 Å². The number of hydrogen-bond donors (Lipinski definition) is 1. The van der Waals surface area contributed by atoms with Gasteiger partial charge in [-0.2, -0.15) is 0 Å². The molecular weight excluding hydrogens is 262 g/mol. The molecule has 0 atom stereocenters. The summed E-state index contributed by atoms with van der Waals surface area (Å²) >= 11 is 0. The molecule has 0 bridgehead atoms. The molecule has 2 aliphatic rings. The second-order valence-electron chi connectivity index (χ2n) is 5.61. The van der Waals surface area contributed by atoms with Crippen molar-refractivity contribution in [3.63, 3.8) is 0 Å². The number of hydrogen-bond acceptors (Lipinski definition) is 4. The molecule has 1 aliphatic heterocycles. The van der Waals surface area contributed by atoms with Crippen LogP contribution in [0.3, 0.4) is 0 Å². The molecule has 4 nitrogen and oxygen atoms in total. The molecule has 2 heterocycles. The van der Waals surface area contributed by atoms with E-state index < -0.39 is 11.6 Å². The van der Waals surface area contributed by atoms with E-state index in [1.54, 1.807) is 7.05 Å². The molecule has 20 heavy (non-hydrogen) atoms. The van der Waals surface area contributed by atoms with Gasteiger partial charge in [0.15, 0.2) is 23.3 Å². The van der Waals surface area contributed by atoms with Gasteiger partial charge < -0.3 is 10.2 Å². The first-order chi connectivity index (χ1) is 9.67. The Morgan fingerprint density at radius 1 is 1.20 bits per heavy atom. The van der Waals surface area contributed by atoms with Crippen molar-refractivity contribution in [3.8, 4) is 0 Å². The van der Waals surface area contributed by atoms with Gasteiger partial charge in [0.2, 0.25) is 0 Å². The molecule has 0 unspecified atom stereocenters. The molecule has 1 aliphatic carbocycles. The third kappa shape index (κ3) is 2.85. The van der Waals surface area contributed by atoms with Crippen molar-refractivity contribution in [2.45, 2.75) is 12.8 Å². The fourth-order valence-electron chi connectivity index (χ4n) is 2.66. The Morgan fingerprint density at radius 3 is 2.50 bits per heavy atom. The normalized spacial score (nSPS) is 20.2. The number of rotatable bonds is 4. The van der Waals surface area contributed by atoms with Crippen LogP contribution in [0.1, 0.15) is 12.8 Å². The summed E-state index contributed by atoms with van der Waals surface area (Å²) < 4.78 is 27.3. The Labute approximate surface area is 117 Å². The molecule has 0 spiro atoms. The quantitative estimate of drug-likeness (QED) is 0.914. The first kappa shape index (κ1) is 13.5. The summed E-state index contributed by atoms with van der Waals surface area (Å²) in [5.41, 5.74) is 0. The lowest BCUT2D eigenvalue weighted by molar-refractivity contribution is 0.247. The summed E-state index contributed by atoms with van der Waals surface area (Å²) in [6.07, 6.45) is 2.69. The topological polar surface area (TPSA) is 31.4 Å². The second-order valence-corrected chi connectivity index (χ2v) is 5.61. The number of pyridine rings is 1. The lowest BCUT2D eigenvalue weighted by Crippen LogP contribution is -2.47. The van der Waals surface area contributed by atoms with E-state index in [0.29, 0.717) is 0 Å². The van der Waals surface area contributed by atoms with Crippen LogP contribution in [-0.2, 0) is 0 Å². The van der Waals surface area contributed by atoms with E-state index >= 15 is 0 Å². The third-order valence-electron chi connectivity index (χ3n) is 4.03. The Balaban J connectivity index is 1.67.